The van der Waals surface area contributed by atoms with Crippen molar-refractivity contribution in [3.8, 4) is 5.75 Å². The lowest BCUT2D eigenvalue weighted by Crippen LogP contribution is -2.01. The van der Waals surface area contributed by atoms with Crippen molar-refractivity contribution in [2.24, 2.45) is 10.7 Å². The molecule has 1 rings (SSSR count). The van der Waals surface area contributed by atoms with Crippen molar-refractivity contribution in [2.75, 3.05) is 0 Å². The van der Waals surface area contributed by atoms with Crippen molar-refractivity contribution in [1.82, 2.24) is 0 Å². The molecular weight excluding hydrogens is 242 g/mol. The summed E-state index contributed by atoms with van der Waals surface area (Å²) < 4.78 is 28.0. The number of rotatable bonds is 5. The van der Waals surface area contributed by atoms with Gasteiger partial charge in [-0.2, -0.15) is 8.78 Å². The topological polar surface area (TPSA) is 64.7 Å². The molecule has 1 aromatic carbocycles. The van der Waals surface area contributed by atoms with Crippen LogP contribution < -0.4 is 10.5 Å². The van der Waals surface area contributed by atoms with E-state index < -0.39 is 6.61 Å². The van der Waals surface area contributed by atoms with Crippen molar-refractivity contribution < 1.29 is 18.3 Å². The quantitative estimate of drug-likeness (QED) is 0.498. The predicted molar refractivity (Wildman–Crippen MR) is 64.2 cm³/mol. The van der Waals surface area contributed by atoms with Crippen LogP contribution in [-0.4, -0.2) is 19.1 Å². The zero-order valence-electron chi connectivity index (χ0n) is 9.64. The molecule has 18 heavy (non-hydrogen) atoms. The first-order valence-corrected chi connectivity index (χ1v) is 5.03. The minimum atomic E-state index is -2.86. The normalized spacial score (nSPS) is 12.7. The second-order valence-electron chi connectivity index (χ2n) is 3.39. The average molecular weight is 254 g/mol. The summed E-state index contributed by atoms with van der Waals surface area (Å²) in [6.45, 7) is -1.28. The number of allylic oxidation sites excluding steroid dienone is 2. The Morgan fingerprint density at radius 2 is 2.00 bits per heavy atom. The number of aldehydes is 1. The van der Waals surface area contributed by atoms with E-state index in [0.717, 1.165) is 0 Å². The van der Waals surface area contributed by atoms with E-state index in [1.807, 2.05) is 0 Å². The highest BCUT2D eigenvalue weighted by Gasteiger charge is 2.03. The molecule has 4 nitrogen and oxygen atoms in total. The summed E-state index contributed by atoms with van der Waals surface area (Å²) in [7, 11) is 0. The highest BCUT2D eigenvalue weighted by molar-refractivity contribution is 6.03. The van der Waals surface area contributed by atoms with Crippen LogP contribution in [0.3, 0.4) is 0 Å². The molecule has 0 saturated carbocycles. The van der Waals surface area contributed by atoms with Crippen LogP contribution in [0.15, 0.2) is 40.5 Å². The molecule has 0 saturated heterocycles. The Morgan fingerprint density at radius 1 is 1.39 bits per heavy atom. The molecule has 0 aliphatic rings. The maximum Gasteiger partial charge on any atom is 0.387 e. The van der Waals surface area contributed by atoms with Gasteiger partial charge in [-0.15, -0.1) is 0 Å². The van der Waals surface area contributed by atoms with Gasteiger partial charge in [0.05, 0.1) is 11.3 Å². The molecule has 0 spiro atoms. The van der Waals surface area contributed by atoms with E-state index in [1.54, 1.807) is 6.92 Å². The smallest absolute Gasteiger partial charge is 0.387 e. The maximum atomic E-state index is 11.9. The minimum Gasteiger partial charge on any atom is -0.435 e. The Balaban J connectivity index is 2.78. The van der Waals surface area contributed by atoms with Crippen LogP contribution in [0.25, 0.3) is 0 Å². The number of nitrogens with two attached hydrogens (primary N) is 1. The fourth-order valence-corrected chi connectivity index (χ4v) is 1.08. The second kappa shape index (κ2) is 6.48. The molecular formula is C12H12F2N2O2. The molecule has 0 aromatic heterocycles. The summed E-state index contributed by atoms with van der Waals surface area (Å²) >= 11 is 0. The predicted octanol–water partition coefficient (Wildman–Crippen LogP) is 2.42. The summed E-state index contributed by atoms with van der Waals surface area (Å²) in [4.78, 5) is 14.6. The molecule has 0 aliphatic carbocycles. The van der Waals surface area contributed by atoms with Crippen molar-refractivity contribution in [2.45, 2.75) is 13.5 Å². The average Bonchev–Trinajstić information content (AvgIpc) is 2.31. The largest absolute Gasteiger partial charge is 0.435 e. The first kappa shape index (κ1) is 13.8. The molecule has 0 amide bonds. The molecule has 0 atom stereocenters. The number of carbonyl (C=O) groups excluding carboxylic acids is 1. The third-order valence-corrected chi connectivity index (χ3v) is 2.00. The molecule has 0 radical (unpaired) electrons. The Labute approximate surface area is 103 Å². The Kier molecular flexibility index (Phi) is 4.98. The lowest BCUT2D eigenvalue weighted by molar-refractivity contribution is -0.104. The fraction of sp³-hybridized carbons (Fsp3) is 0.167. The number of nitrogens with zero attached hydrogens (tertiary/aromatic N) is 1. The van der Waals surface area contributed by atoms with Gasteiger partial charge in [-0.25, -0.2) is 0 Å². The molecule has 0 unspecified atom stereocenters. The number of carbonyl (C=O) groups is 1. The second-order valence-corrected chi connectivity index (χ2v) is 3.39. The number of alkyl halides is 2. The van der Waals surface area contributed by atoms with Crippen molar-refractivity contribution in [3.63, 3.8) is 0 Å². The standard InChI is InChI=1S/C12H12F2N2O2/c1-8(15)9(7-17)6-16-10-2-4-11(5-3-10)18-12(13)14/h2-7,12H,15H2,1H3. The van der Waals surface area contributed by atoms with Gasteiger partial charge < -0.3 is 10.5 Å². The zero-order chi connectivity index (χ0) is 13.5. The summed E-state index contributed by atoms with van der Waals surface area (Å²) in [5.74, 6) is 0.0464. The highest BCUT2D eigenvalue weighted by atomic mass is 19.3. The highest BCUT2D eigenvalue weighted by Crippen LogP contribution is 2.19. The van der Waals surface area contributed by atoms with E-state index >= 15 is 0 Å². The maximum absolute atomic E-state index is 11.9. The van der Waals surface area contributed by atoms with E-state index in [-0.39, 0.29) is 11.3 Å². The molecule has 0 fully saturated rings. The third kappa shape index (κ3) is 4.32. The van der Waals surface area contributed by atoms with Crippen LogP contribution in [0.4, 0.5) is 14.5 Å². The van der Waals surface area contributed by atoms with Gasteiger partial charge in [0.25, 0.3) is 0 Å². The number of halogens is 2. The molecule has 0 bridgehead atoms. The third-order valence-electron chi connectivity index (χ3n) is 2.00. The minimum absolute atomic E-state index is 0.0464. The van der Waals surface area contributed by atoms with Gasteiger partial charge in [-0.3, -0.25) is 9.79 Å². The van der Waals surface area contributed by atoms with Crippen LogP contribution in [0.5, 0.6) is 5.75 Å². The Morgan fingerprint density at radius 3 is 2.44 bits per heavy atom. The van der Waals surface area contributed by atoms with Crippen LogP contribution in [-0.2, 0) is 4.79 Å². The zero-order valence-corrected chi connectivity index (χ0v) is 9.64. The molecule has 96 valence electrons. The lowest BCUT2D eigenvalue weighted by atomic mass is 10.2. The van der Waals surface area contributed by atoms with Gasteiger partial charge >= 0.3 is 6.61 Å². The van der Waals surface area contributed by atoms with E-state index in [1.165, 1.54) is 30.5 Å². The van der Waals surface area contributed by atoms with E-state index in [4.69, 9.17) is 5.73 Å². The van der Waals surface area contributed by atoms with Gasteiger partial charge in [0.2, 0.25) is 0 Å². The first-order chi connectivity index (χ1) is 8.52. The lowest BCUT2D eigenvalue weighted by Gasteiger charge is -2.03. The van der Waals surface area contributed by atoms with Gasteiger partial charge in [-0.1, -0.05) is 0 Å². The number of ether oxygens (including phenoxy) is 1. The Hall–Kier alpha value is -2.24. The van der Waals surface area contributed by atoms with Crippen molar-refractivity contribution >= 4 is 18.2 Å². The fourth-order valence-electron chi connectivity index (χ4n) is 1.08. The van der Waals surface area contributed by atoms with Gasteiger partial charge in [0.15, 0.2) is 6.29 Å². The summed E-state index contributed by atoms with van der Waals surface area (Å²) in [5.41, 5.74) is 6.56. The molecule has 0 aliphatic heterocycles. The van der Waals surface area contributed by atoms with E-state index in [9.17, 15) is 13.6 Å². The van der Waals surface area contributed by atoms with Crippen LogP contribution in [0.2, 0.25) is 0 Å². The van der Waals surface area contributed by atoms with Gasteiger partial charge in [0.1, 0.15) is 5.75 Å². The summed E-state index contributed by atoms with van der Waals surface area (Å²) in [5, 5.41) is 0. The molecule has 1 aromatic rings. The Bertz CT molecular complexity index is 463. The van der Waals surface area contributed by atoms with Crippen LogP contribution >= 0.6 is 0 Å². The monoisotopic (exact) mass is 254 g/mol. The SMILES string of the molecule is CC(N)=C(C=O)C=Nc1ccc(OC(F)F)cc1. The van der Waals surface area contributed by atoms with E-state index in [0.29, 0.717) is 17.7 Å². The molecule has 2 N–H and O–H groups in total. The number of benzene rings is 1. The first-order valence-electron chi connectivity index (χ1n) is 5.03. The van der Waals surface area contributed by atoms with E-state index in [2.05, 4.69) is 9.73 Å². The number of hydrogen-bond donors (Lipinski definition) is 1. The van der Waals surface area contributed by atoms with Gasteiger partial charge in [-0.05, 0) is 31.2 Å². The molecule has 0 heterocycles. The van der Waals surface area contributed by atoms with Gasteiger partial charge in [0, 0.05) is 11.9 Å². The van der Waals surface area contributed by atoms with Crippen molar-refractivity contribution in [1.29, 1.82) is 0 Å². The van der Waals surface area contributed by atoms with Crippen LogP contribution in [0.1, 0.15) is 6.92 Å². The van der Waals surface area contributed by atoms with Crippen LogP contribution in [0, 0.1) is 0 Å². The number of aliphatic imine (C=N–C) groups is 1. The summed E-state index contributed by atoms with van der Waals surface area (Å²) in [6.07, 6.45) is 1.90. The summed E-state index contributed by atoms with van der Waals surface area (Å²) in [6, 6.07) is 5.70. The molecule has 6 heteroatoms. The van der Waals surface area contributed by atoms with Crippen molar-refractivity contribution in [3.05, 3.63) is 35.5 Å². The number of hydrogen-bond acceptors (Lipinski definition) is 4.